The van der Waals surface area contributed by atoms with Crippen molar-refractivity contribution >= 4 is 12.2 Å². The number of aromatic nitrogens is 3. The summed E-state index contributed by atoms with van der Waals surface area (Å²) >= 11 is 5.14. The molecular weight excluding hydrogens is 278 g/mol. The summed E-state index contributed by atoms with van der Waals surface area (Å²) in [5.41, 5.74) is 1.87. The Hall–Kier alpha value is -1.99. The first-order valence-corrected chi connectivity index (χ1v) is 6.43. The molecule has 0 aromatic carbocycles. The van der Waals surface area contributed by atoms with Crippen LogP contribution in [0.25, 0.3) is 11.3 Å². The number of nitrogens with zero attached hydrogens (tertiary/aromatic N) is 2. The van der Waals surface area contributed by atoms with Gasteiger partial charge in [0.1, 0.15) is 0 Å². The fourth-order valence-electron chi connectivity index (χ4n) is 1.97. The summed E-state index contributed by atoms with van der Waals surface area (Å²) in [6.07, 6.45) is 1.68. The molecule has 0 saturated carbocycles. The third-order valence-electron chi connectivity index (χ3n) is 2.81. The highest BCUT2D eigenvalue weighted by Gasteiger charge is 2.13. The second kappa shape index (κ2) is 5.98. The van der Waals surface area contributed by atoms with Crippen LogP contribution in [0, 0.1) is 11.7 Å². The van der Waals surface area contributed by atoms with Gasteiger partial charge in [-0.3, -0.25) is 9.78 Å². The third-order valence-corrected chi connectivity index (χ3v) is 3.14. The number of hydrogen-bond acceptors (Lipinski definition) is 5. The number of aryl methyl sites for hydroxylation is 1. The number of aromatic amines is 1. The molecule has 2 rings (SSSR count). The molecule has 2 aromatic heterocycles. The standard InChI is InChI=1S/C13H15N3O3S/c1-8-5-9(12(19-2)14-7-8)10-6-11(18)15-13(20)16(10)3-4-17/h5-7,17H,3-4H2,1-2H3,(H,15,18,20). The first-order chi connectivity index (χ1) is 9.56. The maximum Gasteiger partial charge on any atom is 0.252 e. The van der Waals surface area contributed by atoms with Crippen molar-refractivity contribution in [2.24, 2.45) is 0 Å². The highest BCUT2D eigenvalue weighted by Crippen LogP contribution is 2.27. The minimum atomic E-state index is -0.303. The van der Waals surface area contributed by atoms with Crippen molar-refractivity contribution in [3.63, 3.8) is 0 Å². The van der Waals surface area contributed by atoms with Gasteiger partial charge < -0.3 is 14.4 Å². The Morgan fingerprint density at radius 3 is 2.90 bits per heavy atom. The Kier molecular flexibility index (Phi) is 4.31. The molecular formula is C13H15N3O3S. The lowest BCUT2D eigenvalue weighted by Gasteiger charge is -2.14. The van der Waals surface area contributed by atoms with E-state index in [0.29, 0.717) is 17.1 Å². The number of ether oxygens (including phenoxy) is 1. The molecule has 106 valence electrons. The summed E-state index contributed by atoms with van der Waals surface area (Å²) in [5.74, 6) is 0.405. The largest absolute Gasteiger partial charge is 0.481 e. The van der Waals surface area contributed by atoms with Gasteiger partial charge in [0.2, 0.25) is 5.88 Å². The van der Waals surface area contributed by atoms with Gasteiger partial charge in [0, 0.05) is 18.8 Å². The maximum absolute atomic E-state index is 11.7. The number of aliphatic hydroxyl groups is 1. The van der Waals surface area contributed by atoms with Crippen LogP contribution in [0.5, 0.6) is 5.88 Å². The van der Waals surface area contributed by atoms with Crippen molar-refractivity contribution in [2.75, 3.05) is 13.7 Å². The van der Waals surface area contributed by atoms with Crippen LogP contribution in [-0.2, 0) is 6.54 Å². The molecule has 0 aliphatic heterocycles. The molecule has 0 bridgehead atoms. The lowest BCUT2D eigenvalue weighted by Crippen LogP contribution is -2.16. The molecule has 0 aliphatic carbocycles. The molecule has 0 atom stereocenters. The fraction of sp³-hybridized carbons (Fsp3) is 0.308. The van der Waals surface area contributed by atoms with Crippen molar-refractivity contribution in [2.45, 2.75) is 13.5 Å². The summed E-state index contributed by atoms with van der Waals surface area (Å²) in [4.78, 5) is 18.4. The van der Waals surface area contributed by atoms with E-state index in [9.17, 15) is 4.79 Å². The second-order valence-corrected chi connectivity index (χ2v) is 4.66. The Morgan fingerprint density at radius 2 is 2.25 bits per heavy atom. The van der Waals surface area contributed by atoms with Crippen LogP contribution in [0.15, 0.2) is 23.1 Å². The quantitative estimate of drug-likeness (QED) is 0.830. The summed E-state index contributed by atoms with van der Waals surface area (Å²) in [7, 11) is 1.51. The summed E-state index contributed by atoms with van der Waals surface area (Å²) in [6.45, 7) is 2.09. The van der Waals surface area contributed by atoms with Crippen LogP contribution in [0.3, 0.4) is 0 Å². The number of pyridine rings is 1. The van der Waals surface area contributed by atoms with Crippen molar-refractivity contribution in [3.8, 4) is 17.1 Å². The van der Waals surface area contributed by atoms with Crippen LogP contribution in [-0.4, -0.2) is 33.4 Å². The molecule has 7 heteroatoms. The van der Waals surface area contributed by atoms with E-state index in [-0.39, 0.29) is 23.5 Å². The molecule has 0 fully saturated rings. The molecule has 2 heterocycles. The number of nitrogens with one attached hydrogen (secondary N) is 1. The van der Waals surface area contributed by atoms with E-state index in [2.05, 4.69) is 9.97 Å². The van der Waals surface area contributed by atoms with E-state index in [1.54, 1.807) is 10.8 Å². The summed E-state index contributed by atoms with van der Waals surface area (Å²) in [6, 6.07) is 3.29. The van der Waals surface area contributed by atoms with Gasteiger partial charge in [-0.15, -0.1) is 0 Å². The van der Waals surface area contributed by atoms with Gasteiger partial charge in [-0.2, -0.15) is 0 Å². The maximum atomic E-state index is 11.7. The smallest absolute Gasteiger partial charge is 0.252 e. The zero-order valence-electron chi connectivity index (χ0n) is 11.2. The van der Waals surface area contributed by atoms with E-state index < -0.39 is 0 Å². The van der Waals surface area contributed by atoms with Crippen LogP contribution in [0.1, 0.15) is 5.56 Å². The average molecular weight is 293 g/mol. The third kappa shape index (κ3) is 2.78. The number of hydrogen-bond donors (Lipinski definition) is 2. The Balaban J connectivity index is 2.77. The van der Waals surface area contributed by atoms with Gasteiger partial charge in [-0.1, -0.05) is 0 Å². The van der Waals surface area contributed by atoms with Crippen LogP contribution in [0.4, 0.5) is 0 Å². The lowest BCUT2D eigenvalue weighted by molar-refractivity contribution is 0.275. The monoisotopic (exact) mass is 293 g/mol. The van der Waals surface area contributed by atoms with Gasteiger partial charge in [0.05, 0.1) is 25.0 Å². The zero-order chi connectivity index (χ0) is 14.7. The molecule has 0 aliphatic rings. The second-order valence-electron chi connectivity index (χ2n) is 4.27. The predicted octanol–water partition coefficient (Wildman–Crippen LogP) is 1.28. The molecule has 0 saturated heterocycles. The number of methoxy groups -OCH3 is 1. The van der Waals surface area contributed by atoms with Crippen molar-refractivity contribution in [1.82, 2.24) is 14.5 Å². The molecule has 2 N–H and O–H groups in total. The molecule has 2 aromatic rings. The number of aliphatic hydroxyl groups excluding tert-OH is 1. The fourth-order valence-corrected chi connectivity index (χ4v) is 2.26. The minimum absolute atomic E-state index is 0.0884. The lowest BCUT2D eigenvalue weighted by atomic mass is 10.1. The molecule has 6 nitrogen and oxygen atoms in total. The average Bonchev–Trinajstić information content (AvgIpc) is 2.41. The highest BCUT2D eigenvalue weighted by molar-refractivity contribution is 7.71. The van der Waals surface area contributed by atoms with E-state index in [4.69, 9.17) is 22.1 Å². The molecule has 0 spiro atoms. The van der Waals surface area contributed by atoms with Gasteiger partial charge in [-0.05, 0) is 30.8 Å². The van der Waals surface area contributed by atoms with Crippen LogP contribution in [0.2, 0.25) is 0 Å². The Labute approximate surface area is 120 Å². The molecule has 0 radical (unpaired) electrons. The molecule has 20 heavy (non-hydrogen) atoms. The van der Waals surface area contributed by atoms with E-state index in [1.165, 1.54) is 13.2 Å². The van der Waals surface area contributed by atoms with Gasteiger partial charge in [0.25, 0.3) is 5.56 Å². The van der Waals surface area contributed by atoms with E-state index >= 15 is 0 Å². The first kappa shape index (κ1) is 14.4. The van der Waals surface area contributed by atoms with Crippen LogP contribution >= 0.6 is 12.2 Å². The van der Waals surface area contributed by atoms with Crippen LogP contribution < -0.4 is 10.3 Å². The van der Waals surface area contributed by atoms with E-state index in [0.717, 1.165) is 5.56 Å². The number of rotatable bonds is 4. The first-order valence-electron chi connectivity index (χ1n) is 6.03. The zero-order valence-corrected chi connectivity index (χ0v) is 12.0. The highest BCUT2D eigenvalue weighted by atomic mass is 32.1. The molecule has 0 unspecified atom stereocenters. The SMILES string of the molecule is COc1ncc(C)cc1-c1cc(=O)[nH]c(=S)n1CCO. The van der Waals surface area contributed by atoms with Crippen molar-refractivity contribution in [1.29, 1.82) is 0 Å². The van der Waals surface area contributed by atoms with Crippen molar-refractivity contribution < 1.29 is 9.84 Å². The summed E-state index contributed by atoms with van der Waals surface area (Å²) < 4.78 is 7.14. The Bertz CT molecular complexity index is 736. The minimum Gasteiger partial charge on any atom is -0.481 e. The van der Waals surface area contributed by atoms with E-state index in [1.807, 2.05) is 13.0 Å². The van der Waals surface area contributed by atoms with Gasteiger partial charge in [0.15, 0.2) is 4.77 Å². The normalized spacial score (nSPS) is 10.6. The topological polar surface area (TPSA) is 80.1 Å². The Morgan fingerprint density at radius 1 is 1.50 bits per heavy atom. The summed E-state index contributed by atoms with van der Waals surface area (Å²) in [5, 5.41) is 9.16. The predicted molar refractivity (Wildman–Crippen MR) is 77.5 cm³/mol. The van der Waals surface area contributed by atoms with Gasteiger partial charge >= 0.3 is 0 Å². The number of H-pyrrole nitrogens is 1. The van der Waals surface area contributed by atoms with Crippen molar-refractivity contribution in [3.05, 3.63) is 39.0 Å². The van der Waals surface area contributed by atoms with Gasteiger partial charge in [-0.25, -0.2) is 4.98 Å². The molecule has 0 amide bonds.